The fourth-order valence-electron chi connectivity index (χ4n) is 3.89. The standard InChI is InChI=1S/C16H23N/c1-10-4-5-13(7-10)15-9-17-16-12(3)6-11(2)8-14(15)16/h6,8,10,13,15,17H,4-5,7,9H2,1-3H3. The Labute approximate surface area is 105 Å². The maximum absolute atomic E-state index is 3.64. The fraction of sp³-hybridized carbons (Fsp3) is 0.625. The van der Waals surface area contributed by atoms with Crippen LogP contribution in [0, 0.1) is 25.7 Å². The van der Waals surface area contributed by atoms with Gasteiger partial charge in [0.15, 0.2) is 0 Å². The monoisotopic (exact) mass is 229 g/mol. The fourth-order valence-corrected chi connectivity index (χ4v) is 3.89. The molecule has 2 aliphatic rings. The summed E-state index contributed by atoms with van der Waals surface area (Å²) in [7, 11) is 0. The summed E-state index contributed by atoms with van der Waals surface area (Å²) in [6.07, 6.45) is 4.29. The SMILES string of the molecule is Cc1cc(C)c2c(c1)C(C1CCC(C)C1)CN2. The number of fused-ring (bicyclic) bond motifs is 1. The third-order valence-electron chi connectivity index (χ3n) is 4.71. The highest BCUT2D eigenvalue weighted by atomic mass is 14.9. The largest absolute Gasteiger partial charge is 0.384 e. The first kappa shape index (κ1) is 11.1. The predicted molar refractivity (Wildman–Crippen MR) is 73.7 cm³/mol. The van der Waals surface area contributed by atoms with Crippen LogP contribution >= 0.6 is 0 Å². The van der Waals surface area contributed by atoms with Gasteiger partial charge in [0.25, 0.3) is 0 Å². The number of benzene rings is 1. The Hall–Kier alpha value is -0.980. The number of aryl methyl sites for hydroxylation is 2. The molecule has 3 unspecified atom stereocenters. The summed E-state index contributed by atoms with van der Waals surface area (Å²) in [6.45, 7) is 8.03. The van der Waals surface area contributed by atoms with Crippen molar-refractivity contribution >= 4 is 5.69 Å². The van der Waals surface area contributed by atoms with Gasteiger partial charge in [0.2, 0.25) is 0 Å². The van der Waals surface area contributed by atoms with Crippen molar-refractivity contribution in [3.05, 3.63) is 28.8 Å². The molecule has 0 bridgehead atoms. The van der Waals surface area contributed by atoms with Crippen molar-refractivity contribution in [3.8, 4) is 0 Å². The summed E-state index contributed by atoms with van der Waals surface area (Å²) in [5, 5.41) is 3.64. The van der Waals surface area contributed by atoms with Crippen molar-refractivity contribution in [2.45, 2.75) is 46.0 Å². The Morgan fingerprint density at radius 2 is 2.00 bits per heavy atom. The minimum absolute atomic E-state index is 0.772. The average molecular weight is 229 g/mol. The highest BCUT2D eigenvalue weighted by Gasteiger charge is 2.34. The van der Waals surface area contributed by atoms with Gasteiger partial charge in [-0.3, -0.25) is 0 Å². The van der Waals surface area contributed by atoms with Crippen LogP contribution in [0.1, 0.15) is 48.8 Å². The van der Waals surface area contributed by atoms with Gasteiger partial charge >= 0.3 is 0 Å². The molecule has 92 valence electrons. The maximum atomic E-state index is 3.64. The van der Waals surface area contributed by atoms with E-state index in [1.54, 1.807) is 5.56 Å². The quantitative estimate of drug-likeness (QED) is 0.759. The van der Waals surface area contributed by atoms with Crippen molar-refractivity contribution in [1.82, 2.24) is 0 Å². The lowest BCUT2D eigenvalue weighted by atomic mass is 9.85. The third-order valence-corrected chi connectivity index (χ3v) is 4.71. The predicted octanol–water partition coefficient (Wildman–Crippen LogP) is 4.25. The van der Waals surface area contributed by atoms with Gasteiger partial charge in [-0.25, -0.2) is 0 Å². The molecule has 1 aromatic carbocycles. The van der Waals surface area contributed by atoms with E-state index in [4.69, 9.17) is 0 Å². The Morgan fingerprint density at radius 1 is 1.18 bits per heavy atom. The van der Waals surface area contributed by atoms with Gasteiger partial charge in [-0.1, -0.05) is 31.0 Å². The number of nitrogens with one attached hydrogen (secondary N) is 1. The van der Waals surface area contributed by atoms with Crippen molar-refractivity contribution in [3.63, 3.8) is 0 Å². The highest BCUT2D eigenvalue weighted by Crippen LogP contribution is 2.46. The smallest absolute Gasteiger partial charge is 0.0406 e. The second-order valence-corrected chi connectivity index (χ2v) is 6.21. The second-order valence-electron chi connectivity index (χ2n) is 6.21. The zero-order valence-electron chi connectivity index (χ0n) is 11.2. The van der Waals surface area contributed by atoms with E-state index in [1.807, 2.05) is 0 Å². The molecular formula is C16H23N. The first-order valence-corrected chi connectivity index (χ1v) is 7.00. The number of anilines is 1. The Kier molecular flexibility index (Phi) is 2.65. The summed E-state index contributed by atoms with van der Waals surface area (Å²) in [5.74, 6) is 2.63. The molecular weight excluding hydrogens is 206 g/mol. The zero-order valence-corrected chi connectivity index (χ0v) is 11.2. The first-order valence-electron chi connectivity index (χ1n) is 7.00. The highest BCUT2D eigenvalue weighted by molar-refractivity contribution is 5.64. The van der Waals surface area contributed by atoms with Crippen LogP contribution in [0.4, 0.5) is 5.69 Å². The van der Waals surface area contributed by atoms with Crippen molar-refractivity contribution in [2.75, 3.05) is 11.9 Å². The molecule has 1 nitrogen and oxygen atoms in total. The number of hydrogen-bond donors (Lipinski definition) is 1. The van der Waals surface area contributed by atoms with Crippen LogP contribution in [-0.2, 0) is 0 Å². The number of hydrogen-bond acceptors (Lipinski definition) is 1. The average Bonchev–Trinajstić information content (AvgIpc) is 2.83. The number of rotatable bonds is 1. The van der Waals surface area contributed by atoms with E-state index < -0.39 is 0 Å². The Bertz CT molecular complexity index is 435. The van der Waals surface area contributed by atoms with Gasteiger partial charge < -0.3 is 5.32 Å². The van der Waals surface area contributed by atoms with Crippen LogP contribution in [0.15, 0.2) is 12.1 Å². The van der Waals surface area contributed by atoms with Crippen LogP contribution in [0.3, 0.4) is 0 Å². The molecule has 0 saturated heterocycles. The molecule has 3 rings (SSSR count). The molecule has 0 aromatic heterocycles. The molecule has 0 amide bonds. The van der Waals surface area contributed by atoms with E-state index in [1.165, 1.54) is 36.1 Å². The van der Waals surface area contributed by atoms with E-state index in [0.29, 0.717) is 0 Å². The van der Waals surface area contributed by atoms with E-state index >= 15 is 0 Å². The molecule has 1 aromatic rings. The van der Waals surface area contributed by atoms with Gasteiger partial charge in [-0.15, -0.1) is 0 Å². The summed E-state index contributed by atoms with van der Waals surface area (Å²) in [6, 6.07) is 4.71. The van der Waals surface area contributed by atoms with Gasteiger partial charge in [0, 0.05) is 18.2 Å². The second kappa shape index (κ2) is 4.04. The Balaban J connectivity index is 1.93. The molecule has 1 aliphatic carbocycles. The minimum atomic E-state index is 0.772. The molecule has 0 radical (unpaired) electrons. The lowest BCUT2D eigenvalue weighted by Gasteiger charge is -2.19. The van der Waals surface area contributed by atoms with Crippen LogP contribution in [0.5, 0.6) is 0 Å². The molecule has 1 heterocycles. The molecule has 0 spiro atoms. The maximum Gasteiger partial charge on any atom is 0.0406 e. The van der Waals surface area contributed by atoms with Crippen LogP contribution < -0.4 is 5.32 Å². The van der Waals surface area contributed by atoms with Crippen LogP contribution in [0.2, 0.25) is 0 Å². The summed E-state index contributed by atoms with van der Waals surface area (Å²) < 4.78 is 0. The Morgan fingerprint density at radius 3 is 2.71 bits per heavy atom. The molecule has 3 atom stereocenters. The lowest BCUT2D eigenvalue weighted by Crippen LogP contribution is -2.12. The van der Waals surface area contributed by atoms with E-state index in [-0.39, 0.29) is 0 Å². The van der Waals surface area contributed by atoms with E-state index in [0.717, 1.165) is 24.3 Å². The van der Waals surface area contributed by atoms with Gasteiger partial charge in [-0.05, 0) is 49.7 Å². The van der Waals surface area contributed by atoms with Crippen LogP contribution in [-0.4, -0.2) is 6.54 Å². The topological polar surface area (TPSA) is 12.0 Å². The third kappa shape index (κ3) is 1.86. The van der Waals surface area contributed by atoms with Crippen molar-refractivity contribution < 1.29 is 0 Å². The first-order chi connectivity index (χ1) is 8.15. The van der Waals surface area contributed by atoms with E-state index in [2.05, 4.69) is 38.2 Å². The molecule has 1 N–H and O–H groups in total. The summed E-state index contributed by atoms with van der Waals surface area (Å²) >= 11 is 0. The lowest BCUT2D eigenvalue weighted by molar-refractivity contribution is 0.442. The van der Waals surface area contributed by atoms with Gasteiger partial charge in [0.1, 0.15) is 0 Å². The molecule has 1 aliphatic heterocycles. The molecule has 1 fully saturated rings. The summed E-state index contributed by atoms with van der Waals surface area (Å²) in [5.41, 5.74) is 5.87. The molecule has 17 heavy (non-hydrogen) atoms. The molecule has 1 heteroatoms. The molecule has 1 saturated carbocycles. The van der Waals surface area contributed by atoms with Crippen molar-refractivity contribution in [2.24, 2.45) is 11.8 Å². The van der Waals surface area contributed by atoms with Crippen molar-refractivity contribution in [1.29, 1.82) is 0 Å². The van der Waals surface area contributed by atoms with E-state index in [9.17, 15) is 0 Å². The minimum Gasteiger partial charge on any atom is -0.384 e. The summed E-state index contributed by atoms with van der Waals surface area (Å²) in [4.78, 5) is 0. The normalized spacial score (nSPS) is 31.4. The van der Waals surface area contributed by atoms with Gasteiger partial charge in [-0.2, -0.15) is 0 Å². The van der Waals surface area contributed by atoms with Crippen LogP contribution in [0.25, 0.3) is 0 Å². The zero-order chi connectivity index (χ0) is 12.0. The van der Waals surface area contributed by atoms with Gasteiger partial charge in [0.05, 0.1) is 0 Å².